The number of halogens is 1. The molecule has 3 N–H and O–H groups in total. The number of phenolic OH excluding ortho intramolecular Hbond substituents is 1. The van der Waals surface area contributed by atoms with Crippen molar-refractivity contribution in [3.05, 3.63) is 29.8 Å². The summed E-state index contributed by atoms with van der Waals surface area (Å²) in [5, 5.41) is 25.5. The van der Waals surface area contributed by atoms with Gasteiger partial charge in [-0.2, -0.15) is 0 Å². The molecule has 0 heterocycles. The van der Waals surface area contributed by atoms with E-state index in [2.05, 4.69) is 0 Å². The highest BCUT2D eigenvalue weighted by atomic mass is 35.5. The zero-order chi connectivity index (χ0) is 12.6. The summed E-state index contributed by atoms with van der Waals surface area (Å²) in [7, 11) is 0. The molecule has 0 spiro atoms. The number of aromatic carboxylic acids is 1. The summed E-state index contributed by atoms with van der Waals surface area (Å²) in [6.07, 6.45) is 1.65. The smallest absolute Gasteiger partial charge is 0.335 e. The molecular weight excluding hydrogens is 232 g/mol. The van der Waals surface area contributed by atoms with Gasteiger partial charge in [0.1, 0.15) is 11.3 Å². The maximum atomic E-state index is 10.2. The zero-order valence-corrected chi connectivity index (χ0v) is 9.68. The van der Waals surface area contributed by atoms with Crippen LogP contribution in [0.2, 0.25) is 0 Å². The van der Waals surface area contributed by atoms with Crippen LogP contribution < -0.4 is 0 Å². The molecule has 0 saturated heterocycles. The van der Waals surface area contributed by atoms with Gasteiger partial charge >= 0.3 is 5.97 Å². The first-order chi connectivity index (χ1) is 7.47. The van der Waals surface area contributed by atoms with Crippen LogP contribution in [0.1, 0.15) is 30.1 Å². The van der Waals surface area contributed by atoms with E-state index in [1.54, 1.807) is 0 Å². The first-order valence-electron chi connectivity index (χ1n) is 4.81. The molecule has 0 fully saturated rings. The molecule has 1 aromatic rings. The van der Waals surface area contributed by atoms with Gasteiger partial charge < -0.3 is 15.3 Å². The Bertz CT molecular complexity index is 308. The third-order valence-electron chi connectivity index (χ3n) is 1.64. The number of carboxylic acids is 1. The highest BCUT2D eigenvalue weighted by Crippen LogP contribution is 2.08. The minimum absolute atomic E-state index is 0.0741. The fourth-order valence-corrected chi connectivity index (χ4v) is 1.06. The van der Waals surface area contributed by atoms with E-state index in [1.165, 1.54) is 24.3 Å². The molecule has 0 saturated carbocycles. The molecule has 1 unspecified atom stereocenters. The normalized spacial score (nSPS) is 11.2. The third-order valence-corrected chi connectivity index (χ3v) is 1.86. The van der Waals surface area contributed by atoms with E-state index in [0.717, 1.165) is 6.42 Å². The molecule has 0 radical (unpaired) electrons. The lowest BCUT2D eigenvalue weighted by Crippen LogP contribution is -1.93. The molecular formula is C11H15ClO4. The molecule has 0 aliphatic carbocycles. The molecule has 0 aliphatic rings. The summed E-state index contributed by atoms with van der Waals surface area (Å²) in [5.74, 6) is -0.912. The van der Waals surface area contributed by atoms with Crippen LogP contribution in [0.5, 0.6) is 5.75 Å². The Hall–Kier alpha value is -1.26. The molecule has 0 bridgehead atoms. The van der Waals surface area contributed by atoms with Gasteiger partial charge in [0, 0.05) is 0 Å². The number of rotatable bonds is 3. The average Bonchev–Trinajstić information content (AvgIpc) is 2.19. The van der Waals surface area contributed by atoms with Crippen molar-refractivity contribution in [3.8, 4) is 5.75 Å². The Kier molecular flexibility index (Phi) is 7.33. The van der Waals surface area contributed by atoms with Gasteiger partial charge in [0.2, 0.25) is 0 Å². The zero-order valence-electron chi connectivity index (χ0n) is 8.93. The van der Waals surface area contributed by atoms with Gasteiger partial charge in [-0.1, -0.05) is 24.9 Å². The van der Waals surface area contributed by atoms with E-state index in [1.807, 2.05) is 6.92 Å². The molecule has 1 aromatic carbocycles. The molecule has 90 valence electrons. The summed E-state index contributed by atoms with van der Waals surface area (Å²) in [6.45, 7) is 1.98. The quantitative estimate of drug-likeness (QED) is 0.716. The van der Waals surface area contributed by atoms with Crippen molar-refractivity contribution < 1.29 is 20.1 Å². The van der Waals surface area contributed by atoms with Crippen molar-refractivity contribution in [2.24, 2.45) is 0 Å². The van der Waals surface area contributed by atoms with E-state index in [-0.39, 0.29) is 11.3 Å². The van der Waals surface area contributed by atoms with Crippen molar-refractivity contribution in [2.75, 3.05) is 0 Å². The maximum absolute atomic E-state index is 10.2. The van der Waals surface area contributed by atoms with E-state index in [4.69, 9.17) is 26.9 Å². The van der Waals surface area contributed by atoms with Crippen molar-refractivity contribution in [3.63, 3.8) is 0 Å². The molecule has 1 rings (SSSR count). The van der Waals surface area contributed by atoms with Crippen LogP contribution in [0.4, 0.5) is 0 Å². The predicted molar refractivity (Wildman–Crippen MR) is 61.8 cm³/mol. The van der Waals surface area contributed by atoms with Crippen molar-refractivity contribution in [1.82, 2.24) is 0 Å². The molecule has 4 nitrogen and oxygen atoms in total. The Morgan fingerprint density at radius 2 is 1.88 bits per heavy atom. The van der Waals surface area contributed by atoms with Gasteiger partial charge in [0.05, 0.1) is 5.56 Å². The maximum Gasteiger partial charge on any atom is 0.335 e. The molecule has 5 heteroatoms. The monoisotopic (exact) mass is 246 g/mol. The van der Waals surface area contributed by atoms with Gasteiger partial charge in [0.25, 0.3) is 0 Å². The summed E-state index contributed by atoms with van der Waals surface area (Å²) >= 11 is 5.13. The second kappa shape index (κ2) is 7.96. The largest absolute Gasteiger partial charge is 0.508 e. The fourth-order valence-electron chi connectivity index (χ4n) is 0.842. The van der Waals surface area contributed by atoms with E-state index in [0.29, 0.717) is 6.42 Å². The minimum Gasteiger partial charge on any atom is -0.508 e. The Morgan fingerprint density at radius 3 is 2.12 bits per heavy atom. The summed E-state index contributed by atoms with van der Waals surface area (Å²) in [4.78, 5) is 10.2. The Balaban J connectivity index is 0.000000325. The van der Waals surface area contributed by atoms with E-state index in [9.17, 15) is 4.79 Å². The molecule has 1 atom stereocenters. The molecule has 0 aliphatic heterocycles. The first-order valence-corrected chi connectivity index (χ1v) is 5.25. The van der Waals surface area contributed by atoms with Crippen LogP contribution in [0.15, 0.2) is 24.3 Å². The molecule has 16 heavy (non-hydrogen) atoms. The number of aliphatic hydroxyl groups excluding tert-OH is 1. The topological polar surface area (TPSA) is 77.8 Å². The van der Waals surface area contributed by atoms with Gasteiger partial charge in [0.15, 0.2) is 0 Å². The van der Waals surface area contributed by atoms with Crippen molar-refractivity contribution >= 4 is 17.6 Å². The number of alkyl halides is 1. The van der Waals surface area contributed by atoms with Gasteiger partial charge in [-0.05, 0) is 30.7 Å². The Morgan fingerprint density at radius 1 is 1.38 bits per heavy atom. The molecule has 0 aromatic heterocycles. The number of aliphatic hydroxyl groups is 1. The number of benzene rings is 1. The third kappa shape index (κ3) is 7.09. The lowest BCUT2D eigenvalue weighted by molar-refractivity contribution is 0.0697. The van der Waals surface area contributed by atoms with E-state index < -0.39 is 11.5 Å². The molecule has 0 amide bonds. The summed E-state index contributed by atoms with van der Waals surface area (Å²) < 4.78 is 0. The second-order valence-electron chi connectivity index (χ2n) is 3.08. The standard InChI is InChI=1S/C7H6O3.C4H9ClO/c8-6-3-1-5(2-4-6)7(9)10;1-2-3-4(5)6/h1-4,8H,(H,9,10);4,6H,2-3H2,1H3. The number of hydrogen-bond acceptors (Lipinski definition) is 3. The fraction of sp³-hybridized carbons (Fsp3) is 0.364. The SMILES string of the molecule is CCCC(O)Cl.O=C(O)c1ccc(O)cc1. The number of carboxylic acid groups (broad SMARTS) is 1. The van der Waals surface area contributed by atoms with Crippen LogP contribution >= 0.6 is 11.6 Å². The lowest BCUT2D eigenvalue weighted by atomic mass is 10.2. The number of phenols is 1. The number of hydrogen-bond donors (Lipinski definition) is 3. The number of aromatic hydroxyl groups is 1. The second-order valence-corrected chi connectivity index (χ2v) is 3.58. The Labute approximate surface area is 99.1 Å². The van der Waals surface area contributed by atoms with Crippen LogP contribution in [-0.4, -0.2) is 26.9 Å². The van der Waals surface area contributed by atoms with Crippen molar-refractivity contribution in [1.29, 1.82) is 0 Å². The predicted octanol–water partition coefficient (Wildman–Crippen LogP) is 2.43. The van der Waals surface area contributed by atoms with Crippen LogP contribution in [0, 0.1) is 0 Å². The van der Waals surface area contributed by atoms with Crippen molar-refractivity contribution in [2.45, 2.75) is 25.3 Å². The van der Waals surface area contributed by atoms with Crippen LogP contribution in [0.25, 0.3) is 0 Å². The highest BCUT2D eigenvalue weighted by Gasteiger charge is 1.99. The van der Waals surface area contributed by atoms with Crippen LogP contribution in [-0.2, 0) is 0 Å². The summed E-state index contributed by atoms with van der Waals surface area (Å²) in [5.41, 5.74) is -0.451. The summed E-state index contributed by atoms with van der Waals surface area (Å²) in [6, 6.07) is 5.36. The van der Waals surface area contributed by atoms with E-state index >= 15 is 0 Å². The van der Waals surface area contributed by atoms with Gasteiger partial charge in [-0.3, -0.25) is 0 Å². The first kappa shape index (κ1) is 14.7. The number of carbonyl (C=O) groups is 1. The minimum atomic E-state index is -0.986. The average molecular weight is 247 g/mol. The van der Waals surface area contributed by atoms with Gasteiger partial charge in [-0.15, -0.1) is 0 Å². The van der Waals surface area contributed by atoms with Gasteiger partial charge in [-0.25, -0.2) is 4.79 Å². The van der Waals surface area contributed by atoms with Crippen LogP contribution in [0.3, 0.4) is 0 Å². The lowest BCUT2D eigenvalue weighted by Gasteiger charge is -1.92. The highest BCUT2D eigenvalue weighted by molar-refractivity contribution is 6.19.